The quantitative estimate of drug-likeness (QED) is 0.767. The zero-order valence-electron chi connectivity index (χ0n) is 8.94. The summed E-state index contributed by atoms with van der Waals surface area (Å²) in [5, 5.41) is 0. The Morgan fingerprint density at radius 2 is 1.80 bits per heavy atom. The minimum atomic E-state index is -3.07. The predicted molar refractivity (Wildman–Crippen MR) is 64.7 cm³/mol. The van der Waals surface area contributed by atoms with Gasteiger partial charge in [-0.05, 0) is 18.8 Å². The molecule has 0 heterocycles. The first-order chi connectivity index (χ1) is 6.64. The molecule has 0 aliphatic heterocycles. The molecule has 0 aromatic heterocycles. The van der Waals surface area contributed by atoms with Crippen molar-refractivity contribution < 1.29 is 8.42 Å². The number of nitrogens with two attached hydrogens (primary N) is 1. The lowest BCUT2D eigenvalue weighted by Crippen LogP contribution is -2.34. The highest BCUT2D eigenvalue weighted by molar-refractivity contribution is 7.89. The molecule has 0 saturated heterocycles. The fourth-order valence-electron chi connectivity index (χ4n) is 1.94. The third-order valence-electron chi connectivity index (χ3n) is 2.65. The number of halogens is 1. The zero-order valence-corrected chi connectivity index (χ0v) is 10.6. The van der Waals surface area contributed by atoms with E-state index < -0.39 is 10.0 Å². The average Bonchev–Trinajstić information content (AvgIpc) is 2.16. The van der Waals surface area contributed by atoms with Gasteiger partial charge < -0.3 is 5.73 Å². The van der Waals surface area contributed by atoms with E-state index in [-0.39, 0.29) is 18.2 Å². The van der Waals surface area contributed by atoms with Gasteiger partial charge in [-0.3, -0.25) is 0 Å². The van der Waals surface area contributed by atoms with E-state index in [9.17, 15) is 8.42 Å². The van der Waals surface area contributed by atoms with Gasteiger partial charge in [0.1, 0.15) is 0 Å². The lowest BCUT2D eigenvalue weighted by molar-refractivity contribution is 0.384. The lowest BCUT2D eigenvalue weighted by atomic mass is 9.91. The van der Waals surface area contributed by atoms with Crippen molar-refractivity contribution in [3.63, 3.8) is 0 Å². The van der Waals surface area contributed by atoms with Gasteiger partial charge in [0.25, 0.3) is 0 Å². The highest BCUT2D eigenvalue weighted by Crippen LogP contribution is 2.24. The van der Waals surface area contributed by atoms with Crippen molar-refractivity contribution >= 4 is 22.4 Å². The normalized spacial score (nSPS) is 18.5. The second-order valence-corrected chi connectivity index (χ2v) is 5.82. The van der Waals surface area contributed by atoms with Crippen LogP contribution in [0.2, 0.25) is 0 Å². The third kappa shape index (κ3) is 6.35. The number of hydrogen-bond acceptors (Lipinski definition) is 3. The van der Waals surface area contributed by atoms with Crippen LogP contribution in [0.4, 0.5) is 0 Å². The molecule has 0 aromatic rings. The molecule has 1 aliphatic carbocycles. The van der Waals surface area contributed by atoms with Gasteiger partial charge in [-0.25, -0.2) is 13.1 Å². The summed E-state index contributed by atoms with van der Waals surface area (Å²) in [6.07, 6.45) is 5.73. The molecular formula is C9H21ClN2O2S. The monoisotopic (exact) mass is 256 g/mol. The molecule has 1 aliphatic rings. The second kappa shape index (κ2) is 7.44. The van der Waals surface area contributed by atoms with E-state index in [4.69, 9.17) is 5.73 Å². The Balaban J connectivity index is 0.00000196. The van der Waals surface area contributed by atoms with E-state index in [0.717, 1.165) is 12.8 Å². The predicted octanol–water partition coefficient (Wildman–Crippen LogP) is 0.867. The highest BCUT2D eigenvalue weighted by atomic mass is 35.5. The van der Waals surface area contributed by atoms with Gasteiger partial charge >= 0.3 is 0 Å². The standard InChI is InChI=1S/C9H20N2O2S.ClH/c10-6-7-11-14(12,13)8-9-4-2-1-3-5-9;/h9,11H,1-8,10H2;1H. The highest BCUT2D eigenvalue weighted by Gasteiger charge is 2.20. The summed E-state index contributed by atoms with van der Waals surface area (Å²) in [5.41, 5.74) is 5.24. The summed E-state index contributed by atoms with van der Waals surface area (Å²) in [7, 11) is -3.07. The van der Waals surface area contributed by atoms with Crippen LogP contribution in [-0.2, 0) is 10.0 Å². The molecule has 0 radical (unpaired) electrons. The number of nitrogens with one attached hydrogen (secondary N) is 1. The van der Waals surface area contributed by atoms with E-state index >= 15 is 0 Å². The maximum atomic E-state index is 11.5. The number of hydrogen-bond donors (Lipinski definition) is 2. The van der Waals surface area contributed by atoms with Gasteiger partial charge in [-0.1, -0.05) is 19.3 Å². The Morgan fingerprint density at radius 3 is 2.33 bits per heavy atom. The molecule has 15 heavy (non-hydrogen) atoms. The fraction of sp³-hybridized carbons (Fsp3) is 1.00. The van der Waals surface area contributed by atoms with Crippen LogP contribution in [0.15, 0.2) is 0 Å². The largest absolute Gasteiger partial charge is 0.329 e. The van der Waals surface area contributed by atoms with Crippen LogP contribution in [0.3, 0.4) is 0 Å². The fourth-order valence-corrected chi connectivity index (χ4v) is 3.44. The van der Waals surface area contributed by atoms with Crippen LogP contribution < -0.4 is 10.5 Å². The van der Waals surface area contributed by atoms with Crippen LogP contribution in [0, 0.1) is 5.92 Å². The molecule has 6 heteroatoms. The Labute approximate surface area is 98.5 Å². The molecule has 0 atom stereocenters. The van der Waals surface area contributed by atoms with E-state index in [1.54, 1.807) is 0 Å². The number of rotatable bonds is 5. The SMILES string of the molecule is Cl.NCCNS(=O)(=O)CC1CCCCC1. The van der Waals surface area contributed by atoms with Crippen molar-refractivity contribution in [1.82, 2.24) is 4.72 Å². The van der Waals surface area contributed by atoms with Crippen molar-refractivity contribution in [3.8, 4) is 0 Å². The maximum absolute atomic E-state index is 11.5. The average molecular weight is 257 g/mol. The van der Waals surface area contributed by atoms with Crippen LogP contribution in [0.1, 0.15) is 32.1 Å². The molecule has 4 nitrogen and oxygen atoms in total. The van der Waals surface area contributed by atoms with Crippen molar-refractivity contribution in [2.75, 3.05) is 18.8 Å². The molecule has 0 spiro atoms. The van der Waals surface area contributed by atoms with E-state index in [1.807, 2.05) is 0 Å². The van der Waals surface area contributed by atoms with Gasteiger partial charge in [0, 0.05) is 13.1 Å². The van der Waals surface area contributed by atoms with Crippen molar-refractivity contribution in [1.29, 1.82) is 0 Å². The minimum Gasteiger partial charge on any atom is -0.329 e. The summed E-state index contributed by atoms with van der Waals surface area (Å²) in [4.78, 5) is 0. The van der Waals surface area contributed by atoms with Gasteiger partial charge in [0.15, 0.2) is 0 Å². The van der Waals surface area contributed by atoms with Crippen LogP contribution >= 0.6 is 12.4 Å². The Bertz CT molecular complexity index is 251. The lowest BCUT2D eigenvalue weighted by Gasteiger charge is -2.21. The zero-order chi connectivity index (χ0) is 10.4. The minimum absolute atomic E-state index is 0. The van der Waals surface area contributed by atoms with E-state index in [1.165, 1.54) is 19.3 Å². The molecule has 1 saturated carbocycles. The van der Waals surface area contributed by atoms with Crippen LogP contribution in [-0.4, -0.2) is 27.3 Å². The molecular weight excluding hydrogens is 236 g/mol. The van der Waals surface area contributed by atoms with Gasteiger partial charge in [-0.2, -0.15) is 0 Å². The molecule has 92 valence electrons. The van der Waals surface area contributed by atoms with Crippen molar-refractivity contribution in [2.24, 2.45) is 11.7 Å². The molecule has 0 amide bonds. The first-order valence-electron chi connectivity index (χ1n) is 5.31. The topological polar surface area (TPSA) is 72.2 Å². The van der Waals surface area contributed by atoms with Crippen LogP contribution in [0.25, 0.3) is 0 Å². The van der Waals surface area contributed by atoms with Gasteiger partial charge in [-0.15, -0.1) is 12.4 Å². The Kier molecular flexibility index (Phi) is 7.52. The molecule has 1 rings (SSSR count). The summed E-state index contributed by atoms with van der Waals surface area (Å²) in [6, 6.07) is 0. The molecule has 0 bridgehead atoms. The van der Waals surface area contributed by atoms with E-state index in [2.05, 4.69) is 4.72 Å². The second-order valence-electron chi connectivity index (χ2n) is 3.97. The van der Waals surface area contributed by atoms with Crippen LogP contribution in [0.5, 0.6) is 0 Å². The summed E-state index contributed by atoms with van der Waals surface area (Å²) >= 11 is 0. The molecule has 3 N–H and O–H groups in total. The molecule has 0 unspecified atom stereocenters. The summed E-state index contributed by atoms with van der Waals surface area (Å²) < 4.78 is 25.5. The summed E-state index contributed by atoms with van der Waals surface area (Å²) in [5.74, 6) is 0.645. The van der Waals surface area contributed by atoms with Gasteiger partial charge in [0.05, 0.1) is 5.75 Å². The first-order valence-corrected chi connectivity index (χ1v) is 6.96. The smallest absolute Gasteiger partial charge is 0.211 e. The first kappa shape index (κ1) is 15.2. The van der Waals surface area contributed by atoms with Crippen molar-refractivity contribution in [2.45, 2.75) is 32.1 Å². The van der Waals surface area contributed by atoms with Gasteiger partial charge in [0.2, 0.25) is 10.0 Å². The Morgan fingerprint density at radius 1 is 1.20 bits per heavy atom. The third-order valence-corrected chi connectivity index (χ3v) is 4.20. The Hall–Kier alpha value is 0.160. The number of sulfonamides is 1. The maximum Gasteiger partial charge on any atom is 0.211 e. The molecule has 1 fully saturated rings. The van der Waals surface area contributed by atoms with E-state index in [0.29, 0.717) is 19.0 Å². The van der Waals surface area contributed by atoms with Crippen molar-refractivity contribution in [3.05, 3.63) is 0 Å². The molecule has 0 aromatic carbocycles. The summed E-state index contributed by atoms with van der Waals surface area (Å²) in [6.45, 7) is 0.721.